The van der Waals surface area contributed by atoms with Gasteiger partial charge in [0.05, 0.1) is 11.9 Å². The Balaban J connectivity index is 2.39. The summed E-state index contributed by atoms with van der Waals surface area (Å²) in [7, 11) is 1.69. The Bertz CT molecular complexity index is 565. The number of aryl methyl sites for hydroxylation is 2. The van der Waals surface area contributed by atoms with E-state index < -0.39 is 0 Å². The number of ether oxygens (including phenoxy) is 1. The zero-order valence-corrected chi connectivity index (χ0v) is 13.6. The Morgan fingerprint density at radius 1 is 1.22 bits per heavy atom. The van der Waals surface area contributed by atoms with Crippen molar-refractivity contribution >= 4 is 38.9 Å². The zero-order valence-electron chi connectivity index (χ0n) is 10.5. The minimum atomic E-state index is 0.183. The van der Waals surface area contributed by atoms with Crippen molar-refractivity contribution in [3.8, 4) is 5.75 Å². The molecule has 0 saturated heterocycles. The van der Waals surface area contributed by atoms with Gasteiger partial charge in [0, 0.05) is 15.3 Å². The van der Waals surface area contributed by atoms with E-state index in [0.717, 1.165) is 16.3 Å². The second-order valence-corrected chi connectivity index (χ2v) is 6.48. The van der Waals surface area contributed by atoms with Crippen LogP contribution in [0.5, 0.6) is 5.75 Å². The van der Waals surface area contributed by atoms with Crippen molar-refractivity contribution in [3.63, 3.8) is 0 Å². The van der Waals surface area contributed by atoms with Crippen LogP contribution in [-0.4, -0.2) is 7.11 Å². The van der Waals surface area contributed by atoms with Gasteiger partial charge in [0.1, 0.15) is 5.75 Å². The summed E-state index contributed by atoms with van der Waals surface area (Å²) in [5.41, 5.74) is 3.55. The highest BCUT2D eigenvalue weighted by molar-refractivity contribution is 9.09. The second-order valence-electron chi connectivity index (χ2n) is 4.21. The molecule has 1 atom stereocenters. The Morgan fingerprint density at radius 3 is 2.56 bits per heavy atom. The van der Waals surface area contributed by atoms with Gasteiger partial charge in [-0.1, -0.05) is 33.6 Å². The molecule has 1 unspecified atom stereocenters. The van der Waals surface area contributed by atoms with Gasteiger partial charge in [0.15, 0.2) is 0 Å². The maximum absolute atomic E-state index is 6.13. The molecule has 0 aliphatic carbocycles. The monoisotopic (exact) mass is 344 g/mol. The van der Waals surface area contributed by atoms with Gasteiger partial charge in [-0.15, -0.1) is 11.3 Å². The number of thiophene rings is 1. The summed E-state index contributed by atoms with van der Waals surface area (Å²) in [6.07, 6.45) is 0. The van der Waals surface area contributed by atoms with Gasteiger partial charge in [-0.05, 0) is 42.7 Å². The molecule has 0 bridgehead atoms. The van der Waals surface area contributed by atoms with Crippen LogP contribution in [0.3, 0.4) is 0 Å². The standard InChI is InChI=1S/C14H14BrClOS/c1-8-5-12(16)9(2)4-11(8)14(15)13-6-10(17-3)7-18-13/h4-7,14H,1-3H3. The first kappa shape index (κ1) is 13.9. The molecule has 0 amide bonds. The van der Waals surface area contributed by atoms with Crippen LogP contribution in [0, 0.1) is 13.8 Å². The molecule has 1 aromatic heterocycles. The molecule has 0 aliphatic rings. The maximum atomic E-state index is 6.13. The first-order chi connectivity index (χ1) is 8.52. The van der Waals surface area contributed by atoms with E-state index in [1.54, 1.807) is 18.4 Å². The molecule has 96 valence electrons. The number of hydrogen-bond donors (Lipinski definition) is 0. The third-order valence-corrected chi connectivity index (χ3v) is 5.57. The van der Waals surface area contributed by atoms with Crippen LogP contribution in [-0.2, 0) is 0 Å². The Kier molecular flexibility index (Phi) is 4.36. The third-order valence-electron chi connectivity index (χ3n) is 2.90. The van der Waals surface area contributed by atoms with Crippen molar-refractivity contribution in [1.82, 2.24) is 0 Å². The highest BCUT2D eigenvalue weighted by atomic mass is 79.9. The summed E-state index contributed by atoms with van der Waals surface area (Å²) < 4.78 is 5.22. The largest absolute Gasteiger partial charge is 0.496 e. The van der Waals surface area contributed by atoms with Crippen molar-refractivity contribution in [2.45, 2.75) is 18.7 Å². The fraction of sp³-hybridized carbons (Fsp3) is 0.286. The lowest BCUT2D eigenvalue weighted by Gasteiger charge is -2.13. The van der Waals surface area contributed by atoms with E-state index in [2.05, 4.69) is 35.0 Å². The van der Waals surface area contributed by atoms with Gasteiger partial charge < -0.3 is 4.74 Å². The Morgan fingerprint density at radius 2 is 1.94 bits per heavy atom. The molecule has 0 aliphatic heterocycles. The van der Waals surface area contributed by atoms with Gasteiger partial charge in [-0.25, -0.2) is 0 Å². The summed E-state index contributed by atoms with van der Waals surface area (Å²) >= 11 is 11.6. The zero-order chi connectivity index (χ0) is 13.3. The lowest BCUT2D eigenvalue weighted by atomic mass is 10.0. The van der Waals surface area contributed by atoms with Gasteiger partial charge in [-0.2, -0.15) is 0 Å². The molecule has 1 nitrogen and oxygen atoms in total. The number of benzene rings is 1. The van der Waals surface area contributed by atoms with Crippen molar-refractivity contribution < 1.29 is 4.74 Å². The van der Waals surface area contributed by atoms with Crippen LogP contribution < -0.4 is 4.74 Å². The first-order valence-corrected chi connectivity index (χ1v) is 7.73. The molecule has 1 heterocycles. The van der Waals surface area contributed by atoms with Crippen LogP contribution in [0.25, 0.3) is 0 Å². The van der Waals surface area contributed by atoms with Gasteiger partial charge in [0.2, 0.25) is 0 Å². The number of alkyl halides is 1. The van der Waals surface area contributed by atoms with Crippen molar-refractivity contribution in [3.05, 3.63) is 50.2 Å². The molecule has 0 fully saturated rings. The van der Waals surface area contributed by atoms with Crippen LogP contribution in [0.4, 0.5) is 0 Å². The molecule has 4 heteroatoms. The van der Waals surface area contributed by atoms with E-state index in [1.807, 2.05) is 18.4 Å². The van der Waals surface area contributed by atoms with Crippen molar-refractivity contribution in [1.29, 1.82) is 0 Å². The lowest BCUT2D eigenvalue weighted by Crippen LogP contribution is -1.95. The van der Waals surface area contributed by atoms with Gasteiger partial charge >= 0.3 is 0 Å². The summed E-state index contributed by atoms with van der Waals surface area (Å²) in [6, 6.07) is 6.22. The molecular formula is C14H14BrClOS. The molecular weight excluding hydrogens is 332 g/mol. The van der Waals surface area contributed by atoms with Crippen molar-refractivity contribution in [2.24, 2.45) is 0 Å². The fourth-order valence-corrected chi connectivity index (χ4v) is 3.82. The fourth-order valence-electron chi connectivity index (χ4n) is 1.80. The average molecular weight is 346 g/mol. The quantitative estimate of drug-likeness (QED) is 0.666. The smallest absolute Gasteiger partial charge is 0.129 e. The van der Waals surface area contributed by atoms with Crippen LogP contribution in [0.15, 0.2) is 23.6 Å². The van der Waals surface area contributed by atoms with E-state index >= 15 is 0 Å². The summed E-state index contributed by atoms with van der Waals surface area (Å²) in [4.78, 5) is 1.42. The molecule has 0 N–H and O–H groups in total. The average Bonchev–Trinajstić information content (AvgIpc) is 2.81. The minimum Gasteiger partial charge on any atom is -0.496 e. The summed E-state index contributed by atoms with van der Waals surface area (Å²) in [5.74, 6) is 0.905. The van der Waals surface area contributed by atoms with Crippen LogP contribution in [0.2, 0.25) is 5.02 Å². The predicted octanol–water partition coefficient (Wildman–Crippen LogP) is 5.51. The van der Waals surface area contributed by atoms with E-state index in [-0.39, 0.29) is 4.83 Å². The number of hydrogen-bond acceptors (Lipinski definition) is 2. The summed E-state index contributed by atoms with van der Waals surface area (Å²) in [5, 5.41) is 2.83. The van der Waals surface area contributed by atoms with E-state index in [4.69, 9.17) is 16.3 Å². The molecule has 1 aromatic carbocycles. The summed E-state index contributed by atoms with van der Waals surface area (Å²) in [6.45, 7) is 4.11. The predicted molar refractivity (Wildman–Crippen MR) is 82.6 cm³/mol. The van der Waals surface area contributed by atoms with Gasteiger partial charge in [-0.3, -0.25) is 0 Å². The van der Waals surface area contributed by atoms with E-state index in [9.17, 15) is 0 Å². The molecule has 0 spiro atoms. The van der Waals surface area contributed by atoms with E-state index in [1.165, 1.54) is 16.0 Å². The highest BCUT2D eigenvalue weighted by Crippen LogP contribution is 2.39. The second kappa shape index (κ2) is 5.64. The van der Waals surface area contributed by atoms with Crippen LogP contribution >= 0.6 is 38.9 Å². The molecule has 0 radical (unpaired) electrons. The molecule has 0 saturated carbocycles. The number of rotatable bonds is 3. The Hall–Kier alpha value is -0.510. The molecule has 2 aromatic rings. The molecule has 18 heavy (non-hydrogen) atoms. The van der Waals surface area contributed by atoms with Crippen LogP contribution in [0.1, 0.15) is 26.4 Å². The minimum absolute atomic E-state index is 0.183. The number of methoxy groups -OCH3 is 1. The SMILES string of the molecule is COc1csc(C(Br)c2cc(C)c(Cl)cc2C)c1. The normalized spacial score (nSPS) is 12.5. The highest BCUT2D eigenvalue weighted by Gasteiger charge is 2.16. The third kappa shape index (κ3) is 2.73. The van der Waals surface area contributed by atoms with E-state index in [0.29, 0.717) is 0 Å². The lowest BCUT2D eigenvalue weighted by molar-refractivity contribution is 0.416. The van der Waals surface area contributed by atoms with Crippen molar-refractivity contribution in [2.75, 3.05) is 7.11 Å². The Labute approximate surface area is 125 Å². The number of halogens is 2. The molecule has 2 rings (SSSR count). The first-order valence-electron chi connectivity index (χ1n) is 5.56. The van der Waals surface area contributed by atoms with Gasteiger partial charge in [0.25, 0.3) is 0 Å². The maximum Gasteiger partial charge on any atom is 0.129 e. The topological polar surface area (TPSA) is 9.23 Å².